The summed E-state index contributed by atoms with van der Waals surface area (Å²) in [6.45, 7) is 3.92. The van der Waals surface area contributed by atoms with Gasteiger partial charge >= 0.3 is 6.18 Å². The normalized spacial score (nSPS) is 17.0. The van der Waals surface area contributed by atoms with E-state index >= 15 is 0 Å². The van der Waals surface area contributed by atoms with Gasteiger partial charge < -0.3 is 10.2 Å². The van der Waals surface area contributed by atoms with Crippen LogP contribution in [0.25, 0.3) is 0 Å². The molecule has 106 valence electrons. The van der Waals surface area contributed by atoms with Gasteiger partial charge in [0.2, 0.25) is 0 Å². The van der Waals surface area contributed by atoms with Crippen molar-refractivity contribution in [3.05, 3.63) is 29.6 Å². The van der Waals surface area contributed by atoms with Crippen LogP contribution < -0.4 is 5.32 Å². The van der Waals surface area contributed by atoms with Crippen molar-refractivity contribution < 1.29 is 13.2 Å². The number of likely N-dealkylation sites (tertiary alicyclic amines) is 1. The van der Waals surface area contributed by atoms with Gasteiger partial charge in [-0.2, -0.15) is 13.2 Å². The first-order valence-corrected chi connectivity index (χ1v) is 6.51. The molecule has 0 radical (unpaired) electrons. The summed E-state index contributed by atoms with van der Waals surface area (Å²) in [6, 6.07) is 2.39. The SMILES string of the molecule is FC(F)(F)c1cccnc1CNCCN1CCCC1. The molecule has 0 aromatic carbocycles. The second kappa shape index (κ2) is 6.34. The summed E-state index contributed by atoms with van der Waals surface area (Å²) < 4.78 is 38.2. The number of rotatable bonds is 5. The third-order valence-corrected chi connectivity index (χ3v) is 3.29. The molecule has 0 aliphatic carbocycles. The van der Waals surface area contributed by atoms with E-state index in [0.29, 0.717) is 6.54 Å². The Bertz CT molecular complexity index is 400. The number of hydrogen-bond donors (Lipinski definition) is 1. The van der Waals surface area contributed by atoms with E-state index in [-0.39, 0.29) is 12.2 Å². The highest BCUT2D eigenvalue weighted by Crippen LogP contribution is 2.30. The van der Waals surface area contributed by atoms with Crippen LogP contribution in [0.5, 0.6) is 0 Å². The highest BCUT2D eigenvalue weighted by Gasteiger charge is 2.33. The summed E-state index contributed by atoms with van der Waals surface area (Å²) in [5.41, 5.74) is -0.583. The molecule has 1 N–H and O–H groups in total. The molecule has 2 heterocycles. The molecule has 2 rings (SSSR count). The molecule has 0 unspecified atom stereocenters. The van der Waals surface area contributed by atoms with E-state index in [0.717, 1.165) is 25.7 Å². The van der Waals surface area contributed by atoms with Crippen molar-refractivity contribution in [2.75, 3.05) is 26.2 Å². The second-order valence-corrected chi connectivity index (χ2v) is 4.72. The van der Waals surface area contributed by atoms with E-state index in [2.05, 4.69) is 15.2 Å². The Balaban J connectivity index is 1.82. The third kappa shape index (κ3) is 4.18. The fourth-order valence-corrected chi connectivity index (χ4v) is 2.29. The average molecular weight is 273 g/mol. The van der Waals surface area contributed by atoms with Gasteiger partial charge in [-0.1, -0.05) is 0 Å². The Kier molecular flexibility index (Phi) is 4.76. The third-order valence-electron chi connectivity index (χ3n) is 3.29. The quantitative estimate of drug-likeness (QED) is 0.834. The van der Waals surface area contributed by atoms with Crippen LogP contribution in [-0.2, 0) is 12.7 Å². The van der Waals surface area contributed by atoms with Crippen LogP contribution >= 0.6 is 0 Å². The Labute approximate surface area is 110 Å². The molecule has 1 fully saturated rings. The van der Waals surface area contributed by atoms with Crippen LogP contribution in [0, 0.1) is 0 Å². The Morgan fingerprint density at radius 1 is 1.26 bits per heavy atom. The van der Waals surface area contributed by atoms with E-state index in [1.54, 1.807) is 0 Å². The second-order valence-electron chi connectivity index (χ2n) is 4.72. The molecule has 1 aromatic rings. The van der Waals surface area contributed by atoms with Crippen molar-refractivity contribution in [2.24, 2.45) is 0 Å². The van der Waals surface area contributed by atoms with Gasteiger partial charge in [-0.3, -0.25) is 4.98 Å². The van der Waals surface area contributed by atoms with Crippen molar-refractivity contribution in [3.63, 3.8) is 0 Å². The van der Waals surface area contributed by atoms with Crippen LogP contribution in [0.3, 0.4) is 0 Å². The van der Waals surface area contributed by atoms with Crippen LogP contribution in [0.2, 0.25) is 0 Å². The number of aromatic nitrogens is 1. The maximum Gasteiger partial charge on any atom is 0.418 e. The molecule has 1 aliphatic heterocycles. The van der Waals surface area contributed by atoms with Gasteiger partial charge in [0, 0.05) is 25.8 Å². The molecule has 0 atom stereocenters. The minimum absolute atomic E-state index is 0.0661. The number of alkyl halides is 3. The highest BCUT2D eigenvalue weighted by atomic mass is 19.4. The maximum absolute atomic E-state index is 12.7. The van der Waals surface area contributed by atoms with Gasteiger partial charge in [0.05, 0.1) is 11.3 Å². The largest absolute Gasteiger partial charge is 0.418 e. The lowest BCUT2D eigenvalue weighted by Gasteiger charge is -2.15. The fourth-order valence-electron chi connectivity index (χ4n) is 2.29. The lowest BCUT2D eigenvalue weighted by molar-refractivity contribution is -0.138. The van der Waals surface area contributed by atoms with Crippen molar-refractivity contribution in [1.29, 1.82) is 0 Å². The number of halogens is 3. The molecule has 0 amide bonds. The Morgan fingerprint density at radius 3 is 2.68 bits per heavy atom. The number of hydrogen-bond acceptors (Lipinski definition) is 3. The monoisotopic (exact) mass is 273 g/mol. The van der Waals surface area contributed by atoms with E-state index in [9.17, 15) is 13.2 Å². The molecule has 0 saturated carbocycles. The van der Waals surface area contributed by atoms with Crippen LogP contribution in [-0.4, -0.2) is 36.1 Å². The standard InChI is InChI=1S/C13H18F3N3/c14-13(15,16)11-4-3-5-18-12(11)10-17-6-9-19-7-1-2-8-19/h3-5,17H,1-2,6-10H2. The first kappa shape index (κ1) is 14.3. The smallest absolute Gasteiger partial charge is 0.310 e. The van der Waals surface area contributed by atoms with Crippen LogP contribution in [0.1, 0.15) is 24.1 Å². The van der Waals surface area contributed by atoms with E-state index in [1.807, 2.05) is 0 Å². The number of nitrogens with zero attached hydrogens (tertiary/aromatic N) is 2. The molecule has 0 bridgehead atoms. The zero-order valence-corrected chi connectivity index (χ0v) is 10.7. The molecular weight excluding hydrogens is 255 g/mol. The maximum atomic E-state index is 12.7. The van der Waals surface area contributed by atoms with E-state index in [1.165, 1.54) is 25.1 Å². The first-order chi connectivity index (χ1) is 9.07. The molecule has 3 nitrogen and oxygen atoms in total. The van der Waals surface area contributed by atoms with E-state index in [4.69, 9.17) is 0 Å². The molecule has 1 saturated heterocycles. The molecule has 1 aliphatic rings. The minimum atomic E-state index is -4.33. The molecular formula is C13H18F3N3. The first-order valence-electron chi connectivity index (χ1n) is 6.51. The fraction of sp³-hybridized carbons (Fsp3) is 0.615. The van der Waals surface area contributed by atoms with Gasteiger partial charge in [-0.25, -0.2) is 0 Å². The number of nitrogens with one attached hydrogen (secondary N) is 1. The Hall–Kier alpha value is -1.14. The van der Waals surface area contributed by atoms with Crippen LogP contribution in [0.15, 0.2) is 18.3 Å². The van der Waals surface area contributed by atoms with Gasteiger partial charge in [0.15, 0.2) is 0 Å². The van der Waals surface area contributed by atoms with Crippen molar-refractivity contribution in [2.45, 2.75) is 25.6 Å². The molecule has 19 heavy (non-hydrogen) atoms. The summed E-state index contributed by atoms with van der Waals surface area (Å²) in [5, 5.41) is 3.04. The summed E-state index contributed by atoms with van der Waals surface area (Å²) >= 11 is 0. The van der Waals surface area contributed by atoms with Gasteiger partial charge in [-0.15, -0.1) is 0 Å². The zero-order valence-electron chi connectivity index (χ0n) is 10.7. The molecule has 1 aromatic heterocycles. The summed E-state index contributed by atoms with van der Waals surface area (Å²) in [7, 11) is 0. The van der Waals surface area contributed by atoms with Gasteiger partial charge in [-0.05, 0) is 38.1 Å². The van der Waals surface area contributed by atoms with Gasteiger partial charge in [0.1, 0.15) is 0 Å². The van der Waals surface area contributed by atoms with Crippen molar-refractivity contribution in [3.8, 4) is 0 Å². The molecule has 0 spiro atoms. The number of pyridine rings is 1. The van der Waals surface area contributed by atoms with E-state index < -0.39 is 11.7 Å². The molecule has 6 heteroatoms. The summed E-state index contributed by atoms with van der Waals surface area (Å²) in [4.78, 5) is 6.13. The Morgan fingerprint density at radius 2 is 2.00 bits per heavy atom. The van der Waals surface area contributed by atoms with Crippen molar-refractivity contribution >= 4 is 0 Å². The lowest BCUT2D eigenvalue weighted by atomic mass is 10.2. The van der Waals surface area contributed by atoms with Crippen molar-refractivity contribution in [1.82, 2.24) is 15.2 Å². The van der Waals surface area contributed by atoms with Gasteiger partial charge in [0.25, 0.3) is 0 Å². The summed E-state index contributed by atoms with van der Waals surface area (Å²) in [6.07, 6.45) is -0.496. The summed E-state index contributed by atoms with van der Waals surface area (Å²) in [5.74, 6) is 0. The average Bonchev–Trinajstić information content (AvgIpc) is 2.87. The lowest BCUT2D eigenvalue weighted by Crippen LogP contribution is -2.30. The minimum Gasteiger partial charge on any atom is -0.310 e. The topological polar surface area (TPSA) is 28.2 Å². The van der Waals surface area contributed by atoms with Crippen LogP contribution in [0.4, 0.5) is 13.2 Å². The predicted molar refractivity (Wildman–Crippen MR) is 66.6 cm³/mol. The zero-order chi connectivity index (χ0) is 13.7. The predicted octanol–water partition coefficient (Wildman–Crippen LogP) is 2.29. The highest BCUT2D eigenvalue weighted by molar-refractivity contribution is 5.22.